The minimum atomic E-state index is -1.14. The Morgan fingerprint density at radius 1 is 0.724 bits per heavy atom. The van der Waals surface area contributed by atoms with Gasteiger partial charge < -0.3 is 24.0 Å². The lowest BCUT2D eigenvalue weighted by atomic mass is 10.2. The van der Waals surface area contributed by atoms with Gasteiger partial charge in [0, 0.05) is 26.2 Å². The normalized spacial score (nSPS) is 22.8. The van der Waals surface area contributed by atoms with E-state index in [1.165, 1.54) is 0 Å². The molecule has 2 saturated heterocycles. The van der Waals surface area contributed by atoms with E-state index in [4.69, 9.17) is 14.2 Å². The molecule has 0 aliphatic carbocycles. The number of nitrogens with zero attached hydrogens (tertiary/aromatic N) is 2. The number of morpholine rings is 2. The van der Waals surface area contributed by atoms with Gasteiger partial charge in [0.2, 0.25) is 12.6 Å². The number of benzene rings is 2. The van der Waals surface area contributed by atoms with Crippen molar-refractivity contribution in [3.8, 4) is 0 Å². The molecular weight excluding hydrogens is 372 g/mol. The van der Waals surface area contributed by atoms with Gasteiger partial charge >= 0.3 is 0 Å². The minimum absolute atomic E-state index is 0.295. The molecule has 2 aliphatic heterocycles. The number of rotatable bonds is 6. The Hall–Kier alpha value is -2.74. The molecule has 2 aliphatic rings. The Bertz CT molecular complexity index is 760. The van der Waals surface area contributed by atoms with Crippen molar-refractivity contribution in [3.63, 3.8) is 0 Å². The summed E-state index contributed by atoms with van der Waals surface area (Å²) < 4.78 is 16.7. The van der Waals surface area contributed by atoms with Crippen LogP contribution in [0, 0.1) is 0 Å². The van der Waals surface area contributed by atoms with E-state index in [2.05, 4.69) is 0 Å². The first-order valence-corrected chi connectivity index (χ1v) is 9.75. The van der Waals surface area contributed by atoms with Crippen molar-refractivity contribution in [2.75, 3.05) is 26.3 Å². The molecule has 0 N–H and O–H groups in total. The Kier molecular flexibility index (Phi) is 6.19. The maximum Gasteiger partial charge on any atom is 0.280 e. The Morgan fingerprint density at radius 3 is 1.55 bits per heavy atom. The molecule has 7 nitrogen and oxygen atoms in total. The van der Waals surface area contributed by atoms with Crippen LogP contribution in [0.2, 0.25) is 0 Å². The average Bonchev–Trinajstić information content (AvgIpc) is 2.75. The van der Waals surface area contributed by atoms with Crippen LogP contribution in [0.4, 0.5) is 0 Å². The quantitative estimate of drug-likeness (QED) is 0.745. The largest absolute Gasteiger partial charge is 0.343 e. The summed E-state index contributed by atoms with van der Waals surface area (Å²) in [5, 5.41) is 0. The van der Waals surface area contributed by atoms with Crippen molar-refractivity contribution in [2.45, 2.75) is 25.7 Å². The first-order valence-electron chi connectivity index (χ1n) is 9.75. The van der Waals surface area contributed by atoms with E-state index in [0.29, 0.717) is 39.4 Å². The van der Waals surface area contributed by atoms with Crippen LogP contribution >= 0.6 is 0 Å². The number of hydrogen-bond donors (Lipinski definition) is 0. The molecule has 0 aromatic heterocycles. The first kappa shape index (κ1) is 19.6. The fraction of sp³-hybridized carbons (Fsp3) is 0.364. The molecule has 0 spiro atoms. The number of hydrogen-bond acceptors (Lipinski definition) is 5. The van der Waals surface area contributed by atoms with Gasteiger partial charge in [-0.25, -0.2) is 0 Å². The van der Waals surface area contributed by atoms with E-state index in [9.17, 15) is 9.59 Å². The molecular formula is C22H24N2O5. The second-order valence-electron chi connectivity index (χ2n) is 7.03. The predicted molar refractivity (Wildman–Crippen MR) is 104 cm³/mol. The molecule has 29 heavy (non-hydrogen) atoms. The molecule has 0 radical (unpaired) electrons. The van der Waals surface area contributed by atoms with E-state index in [1.54, 1.807) is 9.80 Å². The van der Waals surface area contributed by atoms with Crippen LogP contribution in [0.3, 0.4) is 0 Å². The van der Waals surface area contributed by atoms with Crippen molar-refractivity contribution >= 4 is 11.8 Å². The van der Waals surface area contributed by atoms with Crippen LogP contribution < -0.4 is 0 Å². The smallest absolute Gasteiger partial charge is 0.280 e. The summed E-state index contributed by atoms with van der Waals surface area (Å²) in [7, 11) is 0. The van der Waals surface area contributed by atoms with Gasteiger partial charge in [0.1, 0.15) is 0 Å². The fourth-order valence-electron chi connectivity index (χ4n) is 3.43. The molecule has 2 heterocycles. The summed E-state index contributed by atoms with van der Waals surface area (Å²) in [5.41, 5.74) is 2.06. The molecule has 2 atom stereocenters. The van der Waals surface area contributed by atoms with Crippen molar-refractivity contribution in [1.29, 1.82) is 0 Å². The summed E-state index contributed by atoms with van der Waals surface area (Å²) in [6, 6.07) is 19.5. The van der Waals surface area contributed by atoms with Crippen LogP contribution in [0.5, 0.6) is 0 Å². The second-order valence-corrected chi connectivity index (χ2v) is 7.03. The monoisotopic (exact) mass is 396 g/mol. The third kappa shape index (κ3) is 4.82. The summed E-state index contributed by atoms with van der Waals surface area (Å²) in [4.78, 5) is 28.9. The topological polar surface area (TPSA) is 68.3 Å². The third-order valence-corrected chi connectivity index (χ3v) is 4.97. The summed E-state index contributed by atoms with van der Waals surface area (Å²) in [5.74, 6) is -0.589. The van der Waals surface area contributed by atoms with Gasteiger partial charge in [0.05, 0.1) is 13.2 Å². The lowest BCUT2D eigenvalue weighted by Gasteiger charge is -2.36. The van der Waals surface area contributed by atoms with Gasteiger partial charge in [-0.15, -0.1) is 0 Å². The SMILES string of the molecule is O=C1C(OC2OCCN(Cc3ccccc3)C2=O)OCCN1Cc1ccccc1. The Morgan fingerprint density at radius 2 is 1.14 bits per heavy atom. The molecule has 2 aromatic carbocycles. The highest BCUT2D eigenvalue weighted by Crippen LogP contribution is 2.18. The van der Waals surface area contributed by atoms with Crippen LogP contribution in [0.15, 0.2) is 60.7 Å². The van der Waals surface area contributed by atoms with Gasteiger partial charge in [-0.1, -0.05) is 60.7 Å². The van der Waals surface area contributed by atoms with Gasteiger partial charge in [-0.2, -0.15) is 0 Å². The maximum atomic E-state index is 12.8. The van der Waals surface area contributed by atoms with Crippen LogP contribution in [-0.4, -0.2) is 60.5 Å². The van der Waals surface area contributed by atoms with Gasteiger partial charge in [-0.05, 0) is 11.1 Å². The van der Waals surface area contributed by atoms with Crippen LogP contribution in [0.25, 0.3) is 0 Å². The standard InChI is InChI=1S/C22H24N2O5/c25-19-21(27-13-11-23(19)15-17-7-3-1-4-8-17)29-22-20(26)24(12-14-28-22)16-18-9-5-2-6-10-18/h1-10,21-22H,11-16H2. The minimum Gasteiger partial charge on any atom is -0.343 e. The molecule has 7 heteroatoms. The lowest BCUT2D eigenvalue weighted by Crippen LogP contribution is -2.54. The molecule has 0 saturated carbocycles. The summed E-state index contributed by atoms with van der Waals surface area (Å²) in [6.07, 6.45) is -2.28. The lowest BCUT2D eigenvalue weighted by molar-refractivity contribution is -0.260. The van der Waals surface area contributed by atoms with Crippen LogP contribution in [-0.2, 0) is 36.9 Å². The van der Waals surface area contributed by atoms with E-state index >= 15 is 0 Å². The zero-order chi connectivity index (χ0) is 20.1. The second kappa shape index (κ2) is 9.17. The Labute approximate surface area is 169 Å². The van der Waals surface area contributed by atoms with E-state index in [0.717, 1.165) is 11.1 Å². The van der Waals surface area contributed by atoms with Crippen LogP contribution in [0.1, 0.15) is 11.1 Å². The van der Waals surface area contributed by atoms with E-state index < -0.39 is 12.6 Å². The predicted octanol–water partition coefficient (Wildman–Crippen LogP) is 1.77. The first-order chi connectivity index (χ1) is 14.2. The maximum absolute atomic E-state index is 12.8. The van der Waals surface area contributed by atoms with Gasteiger partial charge in [0.25, 0.3) is 11.8 Å². The third-order valence-electron chi connectivity index (χ3n) is 4.97. The highest BCUT2D eigenvalue weighted by Gasteiger charge is 2.38. The molecule has 2 fully saturated rings. The van der Waals surface area contributed by atoms with Crippen molar-refractivity contribution in [1.82, 2.24) is 9.80 Å². The van der Waals surface area contributed by atoms with Gasteiger partial charge in [-0.3, -0.25) is 9.59 Å². The Balaban J connectivity index is 1.37. The molecule has 2 aromatic rings. The number of ether oxygens (including phenoxy) is 3. The van der Waals surface area contributed by atoms with E-state index in [1.807, 2.05) is 60.7 Å². The number of amides is 2. The number of carbonyl (C=O) groups is 2. The highest BCUT2D eigenvalue weighted by atomic mass is 16.8. The van der Waals surface area contributed by atoms with Crippen molar-refractivity contribution < 1.29 is 23.8 Å². The van der Waals surface area contributed by atoms with Crippen molar-refractivity contribution in [2.24, 2.45) is 0 Å². The average molecular weight is 396 g/mol. The molecule has 0 bridgehead atoms. The molecule has 2 unspecified atom stereocenters. The molecule has 152 valence electrons. The fourth-order valence-corrected chi connectivity index (χ4v) is 3.43. The van der Waals surface area contributed by atoms with Crippen molar-refractivity contribution in [3.05, 3.63) is 71.8 Å². The number of carbonyl (C=O) groups excluding carboxylic acids is 2. The van der Waals surface area contributed by atoms with E-state index in [-0.39, 0.29) is 11.8 Å². The van der Waals surface area contributed by atoms with Gasteiger partial charge in [0.15, 0.2) is 0 Å². The highest BCUT2D eigenvalue weighted by molar-refractivity contribution is 5.83. The zero-order valence-corrected chi connectivity index (χ0v) is 16.1. The molecule has 2 amide bonds. The summed E-state index contributed by atoms with van der Waals surface area (Å²) in [6.45, 7) is 2.60. The zero-order valence-electron chi connectivity index (χ0n) is 16.1. The molecule has 4 rings (SSSR count). The summed E-state index contributed by atoms with van der Waals surface area (Å²) >= 11 is 0.